The number of benzene rings is 1. The molecule has 1 fully saturated rings. The van der Waals surface area contributed by atoms with Gasteiger partial charge in [-0.15, -0.1) is 0 Å². The summed E-state index contributed by atoms with van der Waals surface area (Å²) in [5, 5.41) is 6.39. The number of rotatable bonds is 3. The molecule has 2 N–H and O–H groups in total. The summed E-state index contributed by atoms with van der Waals surface area (Å²) < 4.78 is 44.3. The van der Waals surface area contributed by atoms with Crippen LogP contribution in [0.4, 0.5) is 13.2 Å². The van der Waals surface area contributed by atoms with Crippen molar-refractivity contribution in [1.29, 1.82) is 0 Å². The molecule has 0 radical (unpaired) electrons. The van der Waals surface area contributed by atoms with Gasteiger partial charge in [0.25, 0.3) is 0 Å². The van der Waals surface area contributed by atoms with Crippen LogP contribution in [0.1, 0.15) is 44.7 Å². The van der Waals surface area contributed by atoms with Crippen LogP contribution < -0.4 is 10.6 Å². The number of nitrogens with one attached hydrogen (secondary N) is 2. The summed E-state index contributed by atoms with van der Waals surface area (Å²) in [5.41, 5.74) is -0.296. The molecule has 1 aromatic rings. The minimum atomic E-state index is -4.37. The predicted molar refractivity (Wildman–Crippen MR) is 110 cm³/mol. The van der Waals surface area contributed by atoms with Crippen molar-refractivity contribution in [2.75, 3.05) is 26.7 Å². The quantitative estimate of drug-likeness (QED) is 0.450. The number of hydrogen-bond acceptors (Lipinski definition) is 2. The molecule has 4 nitrogen and oxygen atoms in total. The van der Waals surface area contributed by atoms with Gasteiger partial charge in [0.1, 0.15) is 0 Å². The van der Waals surface area contributed by atoms with Crippen LogP contribution in [-0.4, -0.2) is 38.8 Å². The Kier molecular flexibility index (Phi) is 7.97. The number of alkyl halides is 3. The first-order valence-electron chi connectivity index (χ1n) is 9.83. The van der Waals surface area contributed by atoms with Gasteiger partial charge in [-0.3, -0.25) is 4.99 Å². The lowest BCUT2D eigenvalue weighted by Crippen LogP contribution is -2.47. The molecule has 1 heterocycles. The fourth-order valence-electron chi connectivity index (χ4n) is 3.51. The highest BCUT2D eigenvalue weighted by molar-refractivity contribution is 5.79. The van der Waals surface area contributed by atoms with Crippen molar-refractivity contribution in [1.82, 2.24) is 10.6 Å². The number of guanidine groups is 1. The van der Waals surface area contributed by atoms with Gasteiger partial charge in [-0.25, -0.2) is 0 Å². The van der Waals surface area contributed by atoms with Crippen molar-refractivity contribution in [3.8, 4) is 11.8 Å². The number of aliphatic imine (C=N–C) groups is 1. The van der Waals surface area contributed by atoms with E-state index < -0.39 is 11.7 Å². The van der Waals surface area contributed by atoms with Gasteiger partial charge >= 0.3 is 6.18 Å². The van der Waals surface area contributed by atoms with Gasteiger partial charge in [-0.2, -0.15) is 13.2 Å². The van der Waals surface area contributed by atoms with E-state index in [-0.39, 0.29) is 18.1 Å². The van der Waals surface area contributed by atoms with Crippen LogP contribution in [0.15, 0.2) is 29.3 Å². The molecule has 0 amide bonds. The lowest BCUT2D eigenvalue weighted by Gasteiger charge is -2.40. The Morgan fingerprint density at radius 3 is 2.66 bits per heavy atom. The molecule has 1 aromatic carbocycles. The third-order valence-electron chi connectivity index (χ3n) is 4.82. The predicted octanol–water partition coefficient (Wildman–Crippen LogP) is 4.06. The number of hydrogen-bond donors (Lipinski definition) is 2. The summed E-state index contributed by atoms with van der Waals surface area (Å²) in [6.07, 6.45) is -2.03. The Labute approximate surface area is 171 Å². The summed E-state index contributed by atoms with van der Waals surface area (Å²) in [7, 11) is 1.67. The van der Waals surface area contributed by atoms with Crippen LogP contribution in [-0.2, 0) is 10.9 Å². The summed E-state index contributed by atoms with van der Waals surface area (Å²) in [6, 6.07) is 5.01. The van der Waals surface area contributed by atoms with Crippen LogP contribution >= 0.6 is 0 Å². The third kappa shape index (κ3) is 7.28. The van der Waals surface area contributed by atoms with Gasteiger partial charge in [0.2, 0.25) is 0 Å². The molecule has 0 saturated carbocycles. The highest BCUT2D eigenvalue weighted by Gasteiger charge is 2.35. The molecule has 2 rings (SSSR count). The van der Waals surface area contributed by atoms with Gasteiger partial charge in [0.15, 0.2) is 5.96 Å². The van der Waals surface area contributed by atoms with E-state index in [1.54, 1.807) is 13.1 Å². The normalized spacial score (nSPS) is 20.6. The SMILES string of the molecule is CN=C(NCC#Cc1cccc(C(F)(F)F)c1)NCC1CCCOC1C(C)(C)C. The Bertz CT molecular complexity index is 757. The third-order valence-corrected chi connectivity index (χ3v) is 4.82. The fraction of sp³-hybridized carbons (Fsp3) is 0.591. The van der Waals surface area contributed by atoms with Crippen molar-refractivity contribution in [2.24, 2.45) is 16.3 Å². The van der Waals surface area contributed by atoms with Crippen LogP contribution in [0.2, 0.25) is 0 Å². The van der Waals surface area contributed by atoms with E-state index in [2.05, 4.69) is 48.2 Å². The molecular weight excluding hydrogens is 379 g/mol. The van der Waals surface area contributed by atoms with Gasteiger partial charge in [-0.1, -0.05) is 38.7 Å². The van der Waals surface area contributed by atoms with E-state index >= 15 is 0 Å². The zero-order chi connectivity index (χ0) is 21.5. The maximum atomic E-state index is 12.8. The second-order valence-corrected chi connectivity index (χ2v) is 8.25. The average Bonchev–Trinajstić information content (AvgIpc) is 2.66. The van der Waals surface area contributed by atoms with E-state index in [0.717, 1.165) is 38.1 Å². The minimum absolute atomic E-state index is 0.0696. The average molecular weight is 409 g/mol. The summed E-state index contributed by atoms with van der Waals surface area (Å²) in [5.74, 6) is 6.60. The molecule has 2 unspecified atom stereocenters. The van der Waals surface area contributed by atoms with Gasteiger partial charge in [0.05, 0.1) is 18.2 Å². The van der Waals surface area contributed by atoms with Crippen LogP contribution in [0, 0.1) is 23.2 Å². The van der Waals surface area contributed by atoms with Crippen LogP contribution in [0.25, 0.3) is 0 Å². The lowest BCUT2D eigenvalue weighted by atomic mass is 9.78. The first kappa shape index (κ1) is 23.1. The van der Waals surface area contributed by atoms with E-state index in [0.29, 0.717) is 17.4 Å². The number of halogens is 3. The van der Waals surface area contributed by atoms with E-state index in [1.807, 2.05) is 0 Å². The summed E-state index contributed by atoms with van der Waals surface area (Å²) in [4.78, 5) is 4.19. The molecule has 0 spiro atoms. The molecule has 1 aliphatic heterocycles. The Hall–Kier alpha value is -2.20. The molecule has 1 saturated heterocycles. The van der Waals surface area contributed by atoms with Crippen LogP contribution in [0.3, 0.4) is 0 Å². The van der Waals surface area contributed by atoms with E-state index in [1.165, 1.54) is 6.07 Å². The summed E-state index contributed by atoms with van der Waals surface area (Å²) in [6.45, 7) is 8.38. The molecule has 1 aliphatic rings. The van der Waals surface area contributed by atoms with Crippen molar-refractivity contribution >= 4 is 5.96 Å². The van der Waals surface area contributed by atoms with Gasteiger partial charge < -0.3 is 15.4 Å². The van der Waals surface area contributed by atoms with Gasteiger partial charge in [0, 0.05) is 31.7 Å². The number of ether oxygens (including phenoxy) is 1. The minimum Gasteiger partial charge on any atom is -0.377 e. The second-order valence-electron chi connectivity index (χ2n) is 8.25. The van der Waals surface area contributed by atoms with Crippen molar-refractivity contribution in [2.45, 2.75) is 45.9 Å². The highest BCUT2D eigenvalue weighted by Crippen LogP contribution is 2.33. The molecule has 0 aromatic heterocycles. The Morgan fingerprint density at radius 1 is 1.24 bits per heavy atom. The Morgan fingerprint density at radius 2 is 2.00 bits per heavy atom. The maximum Gasteiger partial charge on any atom is 0.416 e. The topological polar surface area (TPSA) is 45.7 Å². The molecule has 2 atom stereocenters. The van der Waals surface area contributed by atoms with Crippen LogP contribution in [0.5, 0.6) is 0 Å². The second kappa shape index (κ2) is 10.0. The zero-order valence-electron chi connectivity index (χ0n) is 17.5. The van der Waals surface area contributed by atoms with Crippen molar-refractivity contribution in [3.05, 3.63) is 35.4 Å². The summed E-state index contributed by atoms with van der Waals surface area (Å²) >= 11 is 0. The first-order valence-corrected chi connectivity index (χ1v) is 9.83. The maximum absolute atomic E-state index is 12.8. The molecule has 7 heteroatoms. The lowest BCUT2D eigenvalue weighted by molar-refractivity contribution is -0.137. The monoisotopic (exact) mass is 409 g/mol. The zero-order valence-corrected chi connectivity index (χ0v) is 17.5. The fourth-order valence-corrected chi connectivity index (χ4v) is 3.51. The van der Waals surface area contributed by atoms with E-state index in [4.69, 9.17) is 4.74 Å². The molecule has 29 heavy (non-hydrogen) atoms. The van der Waals surface area contributed by atoms with Gasteiger partial charge in [-0.05, 0) is 36.5 Å². The van der Waals surface area contributed by atoms with Crippen molar-refractivity contribution in [3.63, 3.8) is 0 Å². The molecule has 160 valence electrons. The number of nitrogens with zero attached hydrogens (tertiary/aromatic N) is 1. The highest BCUT2D eigenvalue weighted by atomic mass is 19.4. The van der Waals surface area contributed by atoms with E-state index in [9.17, 15) is 13.2 Å². The first-order chi connectivity index (χ1) is 13.6. The molecule has 0 aliphatic carbocycles. The standard InChI is InChI=1S/C22H30F3N3O/c1-21(2,3)19-17(10-7-13-29-19)15-28-20(26-4)27-12-6-9-16-8-5-11-18(14-16)22(23,24)25/h5,8,11,14,17,19H,7,10,12-13,15H2,1-4H3,(H2,26,27,28). The van der Waals surface area contributed by atoms with Crippen molar-refractivity contribution < 1.29 is 17.9 Å². The smallest absolute Gasteiger partial charge is 0.377 e. The largest absolute Gasteiger partial charge is 0.416 e. The molecular formula is C22H30F3N3O. The Balaban J connectivity index is 1.87. The molecule has 0 bridgehead atoms.